The Labute approximate surface area is 134 Å². The maximum Gasteiger partial charge on any atom is 0.272 e. The van der Waals surface area contributed by atoms with Crippen LogP contribution in [-0.4, -0.2) is 40.1 Å². The van der Waals surface area contributed by atoms with Gasteiger partial charge in [-0.1, -0.05) is 35.9 Å². The second-order valence-electron chi connectivity index (χ2n) is 5.95. The van der Waals surface area contributed by atoms with Crippen molar-refractivity contribution in [1.29, 1.82) is 0 Å². The fourth-order valence-corrected chi connectivity index (χ4v) is 3.29. The number of hydrogen-bond donors (Lipinski definition) is 1. The molecule has 1 N–H and O–H groups in total. The molecule has 1 amide bonds. The summed E-state index contributed by atoms with van der Waals surface area (Å²) in [7, 11) is 0. The number of carbonyl (C=O) groups is 1. The van der Waals surface area contributed by atoms with Crippen molar-refractivity contribution < 1.29 is 9.90 Å². The number of benzene rings is 1. The number of likely N-dealkylation sites (tertiary alicyclic amines) is 1. The number of aromatic nitrogens is 1. The molecule has 2 heterocycles. The number of piperidine rings is 1. The maximum atomic E-state index is 12.8. The van der Waals surface area contributed by atoms with Crippen LogP contribution in [0.3, 0.4) is 0 Å². The Hall–Kier alpha value is -1.65. The van der Waals surface area contributed by atoms with Crippen LogP contribution in [0.2, 0.25) is 5.15 Å². The van der Waals surface area contributed by atoms with E-state index < -0.39 is 0 Å². The van der Waals surface area contributed by atoms with Crippen molar-refractivity contribution in [2.24, 2.45) is 5.92 Å². The van der Waals surface area contributed by atoms with E-state index in [2.05, 4.69) is 4.98 Å². The van der Waals surface area contributed by atoms with Crippen molar-refractivity contribution >= 4 is 28.3 Å². The molecule has 1 aliphatic heterocycles. The lowest BCUT2D eigenvalue weighted by molar-refractivity contribution is 0.0483. The van der Waals surface area contributed by atoms with Crippen molar-refractivity contribution in [3.8, 4) is 0 Å². The van der Waals surface area contributed by atoms with Crippen LogP contribution in [0.5, 0.6) is 0 Å². The number of amides is 1. The smallest absolute Gasteiger partial charge is 0.272 e. The molecule has 0 spiro atoms. The van der Waals surface area contributed by atoms with E-state index in [0.29, 0.717) is 17.4 Å². The highest BCUT2D eigenvalue weighted by Crippen LogP contribution is 2.26. The Morgan fingerprint density at radius 3 is 2.95 bits per heavy atom. The van der Waals surface area contributed by atoms with E-state index in [9.17, 15) is 9.90 Å². The van der Waals surface area contributed by atoms with E-state index in [0.717, 1.165) is 23.6 Å². The van der Waals surface area contributed by atoms with Crippen LogP contribution in [-0.2, 0) is 0 Å². The fraction of sp³-hybridized carbons (Fsp3) is 0.412. The monoisotopic (exact) mass is 318 g/mol. The Morgan fingerprint density at radius 2 is 2.18 bits per heavy atom. The fourth-order valence-electron chi connectivity index (χ4n) is 3.03. The van der Waals surface area contributed by atoms with Gasteiger partial charge in [0.2, 0.25) is 0 Å². The molecule has 5 heteroatoms. The molecule has 116 valence electrons. The molecule has 1 aliphatic rings. The van der Waals surface area contributed by atoms with E-state index in [1.807, 2.05) is 31.2 Å². The van der Waals surface area contributed by atoms with Gasteiger partial charge < -0.3 is 10.0 Å². The quantitative estimate of drug-likeness (QED) is 0.866. The number of fused-ring (bicyclic) bond motifs is 1. The highest BCUT2D eigenvalue weighted by Gasteiger charge is 2.30. The molecular weight excluding hydrogens is 300 g/mol. The molecule has 1 aromatic carbocycles. The maximum absolute atomic E-state index is 12.8. The zero-order valence-corrected chi connectivity index (χ0v) is 13.3. The summed E-state index contributed by atoms with van der Waals surface area (Å²) in [5.41, 5.74) is 0.370. The molecule has 2 aromatic rings. The Balaban J connectivity index is 1.94. The van der Waals surface area contributed by atoms with Crippen molar-refractivity contribution in [2.45, 2.75) is 25.8 Å². The molecule has 0 aliphatic carbocycles. The first-order valence-electron chi connectivity index (χ1n) is 7.57. The van der Waals surface area contributed by atoms with Gasteiger partial charge in [-0.2, -0.15) is 0 Å². The molecule has 4 nitrogen and oxygen atoms in total. The number of rotatable bonds is 2. The summed E-state index contributed by atoms with van der Waals surface area (Å²) in [6.07, 6.45) is 1.85. The minimum Gasteiger partial charge on any atom is -0.396 e. The summed E-state index contributed by atoms with van der Waals surface area (Å²) in [5.74, 6) is 0.0365. The molecule has 1 aromatic heterocycles. The number of hydrogen-bond acceptors (Lipinski definition) is 3. The van der Waals surface area contributed by atoms with Gasteiger partial charge in [0.15, 0.2) is 0 Å². The molecule has 0 bridgehead atoms. The van der Waals surface area contributed by atoms with Crippen LogP contribution in [0.4, 0.5) is 0 Å². The van der Waals surface area contributed by atoms with Gasteiger partial charge in [-0.05, 0) is 37.1 Å². The number of pyridine rings is 1. The highest BCUT2D eigenvalue weighted by atomic mass is 35.5. The summed E-state index contributed by atoms with van der Waals surface area (Å²) in [6, 6.07) is 9.58. The summed E-state index contributed by atoms with van der Waals surface area (Å²) in [5, 5.41) is 11.5. The standard InChI is InChI=1S/C17H19ClN2O2/c1-11-6-7-12(10-21)9-20(11)17(22)15-8-13-4-2-3-5-14(13)16(18)19-15/h2-5,8,11-12,21H,6-7,9-10H2,1H3. The summed E-state index contributed by atoms with van der Waals surface area (Å²) < 4.78 is 0. The number of halogens is 1. The van der Waals surface area contributed by atoms with E-state index in [4.69, 9.17) is 11.6 Å². The van der Waals surface area contributed by atoms with Crippen LogP contribution in [0.1, 0.15) is 30.3 Å². The van der Waals surface area contributed by atoms with Gasteiger partial charge >= 0.3 is 0 Å². The molecule has 22 heavy (non-hydrogen) atoms. The van der Waals surface area contributed by atoms with Crippen molar-refractivity contribution in [1.82, 2.24) is 9.88 Å². The normalized spacial score (nSPS) is 22.0. The van der Waals surface area contributed by atoms with Crippen molar-refractivity contribution in [2.75, 3.05) is 13.2 Å². The zero-order valence-electron chi connectivity index (χ0n) is 12.5. The minimum absolute atomic E-state index is 0.113. The first kappa shape index (κ1) is 15.3. The third-order valence-corrected chi connectivity index (χ3v) is 4.70. The van der Waals surface area contributed by atoms with Gasteiger partial charge in [-0.25, -0.2) is 4.98 Å². The van der Waals surface area contributed by atoms with Crippen LogP contribution >= 0.6 is 11.6 Å². The SMILES string of the molecule is CC1CCC(CO)CN1C(=O)c1cc2ccccc2c(Cl)n1. The van der Waals surface area contributed by atoms with E-state index in [1.165, 1.54) is 0 Å². The molecule has 1 saturated heterocycles. The minimum atomic E-state index is -0.113. The average molecular weight is 319 g/mol. The molecule has 2 unspecified atom stereocenters. The Kier molecular flexibility index (Phi) is 4.32. The highest BCUT2D eigenvalue weighted by molar-refractivity contribution is 6.34. The second kappa shape index (κ2) is 6.23. The lowest BCUT2D eigenvalue weighted by atomic mass is 9.93. The van der Waals surface area contributed by atoms with Crippen LogP contribution in [0.25, 0.3) is 10.8 Å². The van der Waals surface area contributed by atoms with E-state index >= 15 is 0 Å². The number of aliphatic hydroxyl groups excluding tert-OH is 1. The first-order valence-corrected chi connectivity index (χ1v) is 7.95. The number of carbonyl (C=O) groups excluding carboxylic acids is 1. The largest absolute Gasteiger partial charge is 0.396 e. The van der Waals surface area contributed by atoms with Gasteiger partial charge in [0.05, 0.1) is 0 Å². The third-order valence-electron chi connectivity index (χ3n) is 4.41. The third kappa shape index (κ3) is 2.81. The molecular formula is C17H19ClN2O2. The Morgan fingerprint density at radius 1 is 1.41 bits per heavy atom. The van der Waals surface area contributed by atoms with Gasteiger partial charge in [0.25, 0.3) is 5.91 Å². The Bertz CT molecular complexity index is 704. The number of nitrogens with zero attached hydrogens (tertiary/aromatic N) is 2. The van der Waals surface area contributed by atoms with Gasteiger partial charge in [-0.3, -0.25) is 4.79 Å². The molecule has 0 radical (unpaired) electrons. The molecule has 3 rings (SSSR count). The summed E-state index contributed by atoms with van der Waals surface area (Å²) in [4.78, 5) is 18.9. The van der Waals surface area contributed by atoms with Crippen molar-refractivity contribution in [3.63, 3.8) is 0 Å². The number of aliphatic hydroxyl groups is 1. The first-order chi connectivity index (χ1) is 10.6. The summed E-state index contributed by atoms with van der Waals surface area (Å²) in [6.45, 7) is 2.72. The molecule has 2 atom stereocenters. The zero-order chi connectivity index (χ0) is 15.7. The predicted molar refractivity (Wildman–Crippen MR) is 87.1 cm³/mol. The van der Waals surface area contributed by atoms with Gasteiger partial charge in [-0.15, -0.1) is 0 Å². The van der Waals surface area contributed by atoms with Crippen LogP contribution in [0, 0.1) is 5.92 Å². The predicted octanol–water partition coefficient (Wildman–Crippen LogP) is 3.12. The summed E-state index contributed by atoms with van der Waals surface area (Å²) >= 11 is 6.22. The van der Waals surface area contributed by atoms with Gasteiger partial charge in [0.1, 0.15) is 10.8 Å². The lowest BCUT2D eigenvalue weighted by Crippen LogP contribution is -2.46. The second-order valence-corrected chi connectivity index (χ2v) is 6.31. The van der Waals surface area contributed by atoms with Crippen molar-refractivity contribution in [3.05, 3.63) is 41.2 Å². The molecule has 0 saturated carbocycles. The van der Waals surface area contributed by atoms with E-state index in [-0.39, 0.29) is 24.5 Å². The molecule has 1 fully saturated rings. The van der Waals surface area contributed by atoms with Crippen LogP contribution in [0.15, 0.2) is 30.3 Å². The lowest BCUT2D eigenvalue weighted by Gasteiger charge is -2.37. The van der Waals surface area contributed by atoms with E-state index in [1.54, 1.807) is 11.0 Å². The van der Waals surface area contributed by atoms with Crippen LogP contribution < -0.4 is 0 Å². The topological polar surface area (TPSA) is 53.4 Å². The average Bonchev–Trinajstić information content (AvgIpc) is 2.54. The van der Waals surface area contributed by atoms with Gasteiger partial charge in [0, 0.05) is 24.6 Å².